The Morgan fingerprint density at radius 3 is 2.59 bits per heavy atom. The topological polar surface area (TPSA) is 49.9 Å². The fraction of sp³-hybridized carbons (Fsp3) is 0.481. The average Bonchev–Trinajstić information content (AvgIpc) is 3.26. The number of methoxy groups -OCH3 is 1. The lowest BCUT2D eigenvalue weighted by Gasteiger charge is -2.32. The van der Waals surface area contributed by atoms with Crippen LogP contribution in [0.2, 0.25) is 0 Å². The molecule has 0 saturated carbocycles. The third-order valence-electron chi connectivity index (χ3n) is 7.40. The first-order valence-corrected chi connectivity index (χ1v) is 12.0. The average molecular weight is 433 g/mol. The molecule has 0 atom stereocenters. The highest BCUT2D eigenvalue weighted by Crippen LogP contribution is 2.38. The Morgan fingerprint density at radius 2 is 1.81 bits per heavy atom. The molecule has 5 rings (SSSR count). The lowest BCUT2D eigenvalue weighted by Crippen LogP contribution is -2.33. The Balaban J connectivity index is 1.13. The summed E-state index contributed by atoms with van der Waals surface area (Å²) in [5.41, 5.74) is 5.61. The molecule has 0 unspecified atom stereocenters. The summed E-state index contributed by atoms with van der Waals surface area (Å²) < 4.78 is 5.34. The van der Waals surface area contributed by atoms with Gasteiger partial charge in [-0.25, -0.2) is 0 Å². The number of carbonyl (C=O) groups excluding carboxylic acids is 2. The number of ketones is 1. The maximum Gasteiger partial charge on any atom is 0.227 e. The van der Waals surface area contributed by atoms with Gasteiger partial charge in [0.1, 0.15) is 5.75 Å². The van der Waals surface area contributed by atoms with Crippen LogP contribution in [0.1, 0.15) is 59.2 Å². The van der Waals surface area contributed by atoms with E-state index in [0.29, 0.717) is 18.8 Å². The molecule has 3 aliphatic rings. The van der Waals surface area contributed by atoms with Gasteiger partial charge in [-0.05, 0) is 92.1 Å². The van der Waals surface area contributed by atoms with E-state index in [1.54, 1.807) is 7.11 Å². The van der Waals surface area contributed by atoms with Crippen LogP contribution in [0.3, 0.4) is 0 Å². The summed E-state index contributed by atoms with van der Waals surface area (Å²) in [6.45, 7) is 3.90. The highest BCUT2D eigenvalue weighted by molar-refractivity contribution is 6.02. The first-order valence-electron chi connectivity index (χ1n) is 12.0. The number of ether oxygens (including phenoxy) is 1. The van der Waals surface area contributed by atoms with Crippen molar-refractivity contribution in [3.8, 4) is 5.75 Å². The molecule has 5 heteroatoms. The first kappa shape index (κ1) is 21.2. The highest BCUT2D eigenvalue weighted by atomic mass is 16.5. The molecule has 0 aliphatic carbocycles. The second-order valence-electron chi connectivity index (χ2n) is 9.47. The van der Waals surface area contributed by atoms with Crippen LogP contribution in [0, 0.1) is 5.92 Å². The van der Waals surface area contributed by atoms with Crippen LogP contribution in [-0.4, -0.2) is 43.3 Å². The fourth-order valence-corrected chi connectivity index (χ4v) is 5.56. The van der Waals surface area contributed by atoms with Crippen molar-refractivity contribution in [3.63, 3.8) is 0 Å². The van der Waals surface area contributed by atoms with Gasteiger partial charge < -0.3 is 9.64 Å². The number of Topliss-reactive ketones (excluding diaryl/α,β-unsaturated/α-hetero) is 1. The summed E-state index contributed by atoms with van der Waals surface area (Å²) in [4.78, 5) is 29.5. The number of rotatable bonds is 7. The van der Waals surface area contributed by atoms with Crippen molar-refractivity contribution in [3.05, 3.63) is 58.7 Å². The number of nitrogens with zero attached hydrogens (tertiary/aromatic N) is 2. The van der Waals surface area contributed by atoms with Gasteiger partial charge in [0.2, 0.25) is 5.91 Å². The molecule has 3 aliphatic heterocycles. The van der Waals surface area contributed by atoms with E-state index in [-0.39, 0.29) is 11.7 Å². The molecule has 0 spiro atoms. The van der Waals surface area contributed by atoms with Crippen molar-refractivity contribution in [1.29, 1.82) is 0 Å². The minimum absolute atomic E-state index is 0.230. The van der Waals surface area contributed by atoms with Gasteiger partial charge in [0.25, 0.3) is 0 Å². The highest BCUT2D eigenvalue weighted by Gasteiger charge is 2.32. The quantitative estimate of drug-likeness (QED) is 0.609. The number of carbonyl (C=O) groups is 2. The largest absolute Gasteiger partial charge is 0.497 e. The number of piperidine rings is 1. The molecule has 0 N–H and O–H groups in total. The Hall–Kier alpha value is -2.66. The van der Waals surface area contributed by atoms with Crippen molar-refractivity contribution in [2.75, 3.05) is 31.6 Å². The molecule has 0 aromatic heterocycles. The van der Waals surface area contributed by atoms with E-state index in [4.69, 9.17) is 4.74 Å². The second kappa shape index (κ2) is 9.07. The van der Waals surface area contributed by atoms with E-state index < -0.39 is 0 Å². The number of benzene rings is 2. The zero-order valence-corrected chi connectivity index (χ0v) is 18.9. The SMILES string of the molecule is COc1cccc(CN2CCC(CCC(=O)c3cc4c5c(c3)CCN5C(=O)CC4)CC2)c1. The van der Waals surface area contributed by atoms with Crippen LogP contribution in [0.15, 0.2) is 36.4 Å². The van der Waals surface area contributed by atoms with Gasteiger partial charge in [-0.2, -0.15) is 0 Å². The maximum absolute atomic E-state index is 13.0. The molecular formula is C27H32N2O3. The van der Waals surface area contributed by atoms with E-state index in [1.807, 2.05) is 11.0 Å². The Kier molecular flexibility index (Phi) is 6.01. The van der Waals surface area contributed by atoms with Gasteiger partial charge in [-0.3, -0.25) is 14.5 Å². The third kappa shape index (κ3) is 4.31. The van der Waals surface area contributed by atoms with Gasteiger partial charge in [0.15, 0.2) is 5.78 Å². The number of amides is 1. The van der Waals surface area contributed by atoms with Gasteiger partial charge in [-0.1, -0.05) is 12.1 Å². The van der Waals surface area contributed by atoms with Crippen LogP contribution in [0.5, 0.6) is 5.75 Å². The molecule has 1 fully saturated rings. The molecule has 168 valence electrons. The van der Waals surface area contributed by atoms with E-state index in [0.717, 1.165) is 75.3 Å². The standard InChI is InChI=1S/C27H32N2O3/c1-32-24-4-2-3-20(15-24)18-28-12-9-19(10-13-28)5-7-25(30)23-16-21-6-8-26(31)29-14-11-22(17-23)27(21)29/h2-4,15-17,19H,5-14,18H2,1H3. The lowest BCUT2D eigenvalue weighted by molar-refractivity contribution is -0.118. The molecule has 3 heterocycles. The predicted molar refractivity (Wildman–Crippen MR) is 125 cm³/mol. The Bertz CT molecular complexity index is 1020. The summed E-state index contributed by atoms with van der Waals surface area (Å²) in [6.07, 6.45) is 6.13. The number of hydrogen-bond donors (Lipinski definition) is 0. The monoisotopic (exact) mass is 432 g/mol. The van der Waals surface area contributed by atoms with Gasteiger partial charge in [0.05, 0.1) is 12.8 Å². The van der Waals surface area contributed by atoms with Crippen LogP contribution < -0.4 is 9.64 Å². The normalized spacial score (nSPS) is 18.7. The van der Waals surface area contributed by atoms with Gasteiger partial charge in [0, 0.05) is 31.5 Å². The zero-order chi connectivity index (χ0) is 22.1. The summed E-state index contributed by atoms with van der Waals surface area (Å²) in [6, 6.07) is 12.4. The van der Waals surface area contributed by atoms with Crippen LogP contribution in [-0.2, 0) is 24.2 Å². The van der Waals surface area contributed by atoms with Gasteiger partial charge >= 0.3 is 0 Å². The molecular weight excluding hydrogens is 400 g/mol. The lowest BCUT2D eigenvalue weighted by atomic mass is 9.89. The number of aryl methyl sites for hydroxylation is 1. The molecule has 5 nitrogen and oxygen atoms in total. The van der Waals surface area contributed by atoms with Gasteiger partial charge in [-0.15, -0.1) is 0 Å². The van der Waals surface area contributed by atoms with E-state index in [2.05, 4.69) is 35.2 Å². The van der Waals surface area contributed by atoms with Crippen LogP contribution >= 0.6 is 0 Å². The van der Waals surface area contributed by atoms with Crippen molar-refractivity contribution in [1.82, 2.24) is 4.90 Å². The number of likely N-dealkylation sites (tertiary alicyclic amines) is 1. The van der Waals surface area contributed by atoms with Crippen molar-refractivity contribution < 1.29 is 14.3 Å². The maximum atomic E-state index is 13.0. The third-order valence-corrected chi connectivity index (χ3v) is 7.40. The second-order valence-corrected chi connectivity index (χ2v) is 9.47. The summed E-state index contributed by atoms with van der Waals surface area (Å²) in [5, 5.41) is 0. The van der Waals surface area contributed by atoms with Crippen molar-refractivity contribution in [2.24, 2.45) is 5.92 Å². The smallest absolute Gasteiger partial charge is 0.227 e. The van der Waals surface area contributed by atoms with E-state index in [1.165, 1.54) is 16.7 Å². The van der Waals surface area contributed by atoms with E-state index in [9.17, 15) is 9.59 Å². The first-order chi connectivity index (χ1) is 15.6. The van der Waals surface area contributed by atoms with Crippen LogP contribution in [0.25, 0.3) is 0 Å². The molecule has 1 saturated heterocycles. The minimum Gasteiger partial charge on any atom is -0.497 e. The molecule has 2 aromatic carbocycles. The van der Waals surface area contributed by atoms with Crippen LogP contribution in [0.4, 0.5) is 5.69 Å². The molecule has 1 amide bonds. The fourth-order valence-electron chi connectivity index (χ4n) is 5.56. The molecule has 2 aromatic rings. The summed E-state index contributed by atoms with van der Waals surface area (Å²) in [5.74, 6) is 2.03. The summed E-state index contributed by atoms with van der Waals surface area (Å²) in [7, 11) is 1.71. The number of hydrogen-bond acceptors (Lipinski definition) is 4. The molecule has 0 bridgehead atoms. The predicted octanol–water partition coefficient (Wildman–Crippen LogP) is 4.41. The van der Waals surface area contributed by atoms with Crippen molar-refractivity contribution >= 4 is 17.4 Å². The zero-order valence-electron chi connectivity index (χ0n) is 18.9. The summed E-state index contributed by atoms with van der Waals surface area (Å²) >= 11 is 0. The van der Waals surface area contributed by atoms with E-state index >= 15 is 0 Å². The van der Waals surface area contributed by atoms with Crippen molar-refractivity contribution in [2.45, 2.75) is 51.5 Å². The Morgan fingerprint density at radius 1 is 1.03 bits per heavy atom. The minimum atomic E-state index is 0.230. The number of anilines is 1. The molecule has 0 radical (unpaired) electrons. The molecule has 32 heavy (non-hydrogen) atoms. The Labute approximate surface area is 190 Å².